The monoisotopic (exact) mass is 365 g/mol. The van der Waals surface area contributed by atoms with Gasteiger partial charge in [0, 0.05) is 18.7 Å². The lowest BCUT2D eigenvalue weighted by molar-refractivity contribution is -0.133. The van der Waals surface area contributed by atoms with Gasteiger partial charge < -0.3 is 16.0 Å². The van der Waals surface area contributed by atoms with Crippen LogP contribution in [0.25, 0.3) is 0 Å². The maximum Gasteiger partial charge on any atom is 0.251 e. The summed E-state index contributed by atoms with van der Waals surface area (Å²) in [7, 11) is 0. The van der Waals surface area contributed by atoms with Gasteiger partial charge in [0.1, 0.15) is 0 Å². The first-order valence-corrected chi connectivity index (χ1v) is 9.56. The maximum atomic E-state index is 12.8. The summed E-state index contributed by atoms with van der Waals surface area (Å²) in [6.07, 6.45) is 2.17. The molecule has 0 saturated carbocycles. The molecular formula is C22H27N3O2. The lowest BCUT2D eigenvalue weighted by Crippen LogP contribution is -2.42. The Morgan fingerprint density at radius 1 is 1.00 bits per heavy atom. The minimum Gasteiger partial charge on any atom is -0.345 e. The first kappa shape index (κ1) is 19.1. The van der Waals surface area contributed by atoms with Crippen molar-refractivity contribution < 1.29 is 9.59 Å². The van der Waals surface area contributed by atoms with Gasteiger partial charge in [-0.1, -0.05) is 48.5 Å². The van der Waals surface area contributed by atoms with E-state index in [0.29, 0.717) is 18.0 Å². The average Bonchev–Trinajstić information content (AvgIpc) is 2.74. The highest BCUT2D eigenvalue weighted by molar-refractivity contribution is 5.94. The zero-order valence-electron chi connectivity index (χ0n) is 15.5. The van der Waals surface area contributed by atoms with Gasteiger partial charge in [-0.05, 0) is 43.0 Å². The van der Waals surface area contributed by atoms with Gasteiger partial charge in [0.25, 0.3) is 5.91 Å². The predicted molar refractivity (Wildman–Crippen MR) is 106 cm³/mol. The van der Waals surface area contributed by atoms with Crippen LogP contribution >= 0.6 is 0 Å². The van der Waals surface area contributed by atoms with Crippen LogP contribution in [0.3, 0.4) is 0 Å². The number of nitrogens with zero attached hydrogens (tertiary/aromatic N) is 1. The van der Waals surface area contributed by atoms with Crippen LogP contribution in [0.5, 0.6) is 0 Å². The molecule has 1 atom stereocenters. The summed E-state index contributed by atoms with van der Waals surface area (Å²) in [6.45, 7) is 2.17. The number of hydrogen-bond donors (Lipinski definition) is 2. The molecule has 2 amide bonds. The van der Waals surface area contributed by atoms with Crippen molar-refractivity contribution in [1.82, 2.24) is 10.2 Å². The quantitative estimate of drug-likeness (QED) is 0.826. The van der Waals surface area contributed by atoms with Gasteiger partial charge in [0.15, 0.2) is 0 Å². The van der Waals surface area contributed by atoms with E-state index in [-0.39, 0.29) is 24.3 Å². The Kier molecular flexibility index (Phi) is 6.60. The number of carbonyl (C=O) groups is 2. The zero-order valence-corrected chi connectivity index (χ0v) is 15.5. The van der Waals surface area contributed by atoms with Gasteiger partial charge in [-0.3, -0.25) is 9.59 Å². The van der Waals surface area contributed by atoms with Crippen LogP contribution in [0.1, 0.15) is 41.2 Å². The summed E-state index contributed by atoms with van der Waals surface area (Å²) in [4.78, 5) is 27.4. The molecule has 3 rings (SSSR count). The van der Waals surface area contributed by atoms with Gasteiger partial charge in [-0.15, -0.1) is 0 Å². The summed E-state index contributed by atoms with van der Waals surface area (Å²) in [5, 5.41) is 3.03. The normalized spacial score (nSPS) is 16.0. The minimum atomic E-state index is -0.348. The maximum absolute atomic E-state index is 12.8. The third kappa shape index (κ3) is 5.17. The molecular weight excluding hydrogens is 338 g/mol. The Bertz CT molecular complexity index is 741. The average molecular weight is 365 g/mol. The van der Waals surface area contributed by atoms with Gasteiger partial charge >= 0.3 is 0 Å². The lowest BCUT2D eigenvalue weighted by atomic mass is 9.96. The number of likely N-dealkylation sites (tertiary alicyclic amines) is 1. The van der Waals surface area contributed by atoms with E-state index in [1.54, 1.807) is 12.1 Å². The third-order valence-electron chi connectivity index (χ3n) is 5.22. The summed E-state index contributed by atoms with van der Waals surface area (Å²) >= 11 is 0. The molecule has 0 spiro atoms. The summed E-state index contributed by atoms with van der Waals surface area (Å²) in [6, 6.07) is 18.4. The second-order valence-corrected chi connectivity index (χ2v) is 7.07. The first-order valence-electron chi connectivity index (χ1n) is 9.56. The van der Waals surface area contributed by atoms with Crippen molar-refractivity contribution in [2.24, 2.45) is 11.7 Å². The standard InChI is InChI=1S/C22H27N3O2/c23-16-17-11-13-25(14-12-17)21(26)15-20(18-7-3-1-4-8-18)24-22(27)19-9-5-2-6-10-19/h1-10,17,20H,11-16,23H2,(H,24,27)/t20-/m0/s1. The summed E-state index contributed by atoms with van der Waals surface area (Å²) in [5.41, 5.74) is 7.27. The fourth-order valence-corrected chi connectivity index (χ4v) is 3.49. The van der Waals surface area contributed by atoms with E-state index in [2.05, 4.69) is 5.32 Å². The number of carbonyl (C=O) groups excluding carboxylic acids is 2. The van der Waals surface area contributed by atoms with E-state index in [4.69, 9.17) is 5.73 Å². The number of benzene rings is 2. The molecule has 27 heavy (non-hydrogen) atoms. The van der Waals surface area contributed by atoms with Crippen molar-refractivity contribution in [2.45, 2.75) is 25.3 Å². The fourth-order valence-electron chi connectivity index (χ4n) is 3.49. The SMILES string of the molecule is NCC1CCN(C(=O)C[C@H](NC(=O)c2ccccc2)c2ccccc2)CC1. The highest BCUT2D eigenvalue weighted by Gasteiger charge is 2.25. The van der Waals surface area contributed by atoms with E-state index in [0.717, 1.165) is 31.5 Å². The molecule has 0 bridgehead atoms. The number of nitrogens with two attached hydrogens (primary N) is 1. The zero-order chi connectivity index (χ0) is 19.1. The molecule has 2 aromatic carbocycles. The van der Waals surface area contributed by atoms with Crippen LogP contribution in [0, 0.1) is 5.92 Å². The molecule has 2 aromatic rings. The second kappa shape index (κ2) is 9.33. The number of amides is 2. The Labute approximate surface area is 160 Å². The molecule has 5 nitrogen and oxygen atoms in total. The van der Waals surface area contributed by atoms with E-state index in [9.17, 15) is 9.59 Å². The second-order valence-electron chi connectivity index (χ2n) is 7.07. The first-order chi connectivity index (χ1) is 13.2. The van der Waals surface area contributed by atoms with Crippen molar-refractivity contribution in [3.05, 3.63) is 71.8 Å². The van der Waals surface area contributed by atoms with Gasteiger partial charge in [0.05, 0.1) is 12.5 Å². The van der Waals surface area contributed by atoms with Gasteiger partial charge in [0.2, 0.25) is 5.91 Å². The molecule has 0 unspecified atom stereocenters. The van der Waals surface area contributed by atoms with E-state index < -0.39 is 0 Å². The minimum absolute atomic E-state index is 0.0766. The van der Waals surface area contributed by atoms with E-state index in [1.165, 1.54) is 0 Å². The topological polar surface area (TPSA) is 75.4 Å². The number of nitrogens with one attached hydrogen (secondary N) is 1. The Morgan fingerprint density at radius 3 is 2.19 bits per heavy atom. The van der Waals surface area contributed by atoms with Crippen LogP contribution < -0.4 is 11.1 Å². The molecule has 5 heteroatoms. The van der Waals surface area contributed by atoms with Crippen molar-refractivity contribution in [3.63, 3.8) is 0 Å². The van der Waals surface area contributed by atoms with Gasteiger partial charge in [-0.25, -0.2) is 0 Å². The van der Waals surface area contributed by atoms with Crippen LogP contribution in [-0.2, 0) is 4.79 Å². The predicted octanol–water partition coefficient (Wildman–Crippen LogP) is 2.75. The van der Waals surface area contributed by atoms with Crippen molar-refractivity contribution >= 4 is 11.8 Å². The molecule has 142 valence electrons. The van der Waals surface area contributed by atoms with Crippen LogP contribution in [0.15, 0.2) is 60.7 Å². The molecule has 0 aliphatic carbocycles. The van der Waals surface area contributed by atoms with Gasteiger partial charge in [-0.2, -0.15) is 0 Å². The number of rotatable bonds is 6. The molecule has 1 fully saturated rings. The molecule has 1 aliphatic heterocycles. The van der Waals surface area contributed by atoms with Crippen LogP contribution in [0.4, 0.5) is 0 Å². The lowest BCUT2D eigenvalue weighted by Gasteiger charge is -2.32. The number of piperidine rings is 1. The fraction of sp³-hybridized carbons (Fsp3) is 0.364. The Hall–Kier alpha value is -2.66. The Morgan fingerprint density at radius 2 is 1.59 bits per heavy atom. The molecule has 1 aliphatic rings. The highest BCUT2D eigenvalue weighted by Crippen LogP contribution is 2.22. The summed E-state index contributed by atoms with van der Waals surface area (Å²) < 4.78 is 0. The highest BCUT2D eigenvalue weighted by atomic mass is 16.2. The van der Waals surface area contributed by atoms with Crippen molar-refractivity contribution in [3.8, 4) is 0 Å². The van der Waals surface area contributed by atoms with Crippen molar-refractivity contribution in [2.75, 3.05) is 19.6 Å². The molecule has 0 radical (unpaired) electrons. The number of hydrogen-bond acceptors (Lipinski definition) is 3. The molecule has 1 heterocycles. The molecule has 3 N–H and O–H groups in total. The smallest absolute Gasteiger partial charge is 0.251 e. The largest absolute Gasteiger partial charge is 0.345 e. The Balaban J connectivity index is 1.69. The van der Waals surface area contributed by atoms with Crippen LogP contribution in [0.2, 0.25) is 0 Å². The van der Waals surface area contributed by atoms with E-state index >= 15 is 0 Å². The summed E-state index contributed by atoms with van der Waals surface area (Å²) in [5.74, 6) is 0.420. The molecule has 0 aromatic heterocycles. The molecule has 1 saturated heterocycles. The van der Waals surface area contributed by atoms with Crippen LogP contribution in [-0.4, -0.2) is 36.3 Å². The van der Waals surface area contributed by atoms with E-state index in [1.807, 2.05) is 53.4 Å². The van der Waals surface area contributed by atoms with Crippen molar-refractivity contribution in [1.29, 1.82) is 0 Å². The third-order valence-corrected chi connectivity index (χ3v) is 5.22.